The second kappa shape index (κ2) is 7.11. The van der Waals surface area contributed by atoms with Gasteiger partial charge in [-0.2, -0.15) is 18.3 Å². The molecule has 26 heavy (non-hydrogen) atoms. The van der Waals surface area contributed by atoms with Crippen molar-refractivity contribution in [3.8, 4) is 5.69 Å². The number of likely N-dealkylation sites (N-methyl/N-ethyl adjacent to an activating group) is 1. The average molecular weight is 366 g/mol. The van der Waals surface area contributed by atoms with E-state index >= 15 is 0 Å². The van der Waals surface area contributed by atoms with Crippen molar-refractivity contribution in [2.75, 3.05) is 33.2 Å². The molecule has 1 aromatic carbocycles. The summed E-state index contributed by atoms with van der Waals surface area (Å²) in [5, 5.41) is 3.88. The molecule has 1 aliphatic heterocycles. The van der Waals surface area contributed by atoms with Gasteiger partial charge in [-0.1, -0.05) is 17.7 Å². The molecule has 5 nitrogen and oxygen atoms in total. The van der Waals surface area contributed by atoms with Crippen molar-refractivity contribution in [2.45, 2.75) is 19.5 Å². The third-order valence-electron chi connectivity index (χ3n) is 4.55. The molecule has 2 heterocycles. The second-order valence-electron chi connectivity index (χ2n) is 6.60. The first-order chi connectivity index (χ1) is 12.3. The van der Waals surface area contributed by atoms with E-state index in [0.717, 1.165) is 29.4 Å². The van der Waals surface area contributed by atoms with E-state index in [1.807, 2.05) is 14.0 Å². The van der Waals surface area contributed by atoms with Crippen LogP contribution in [0.1, 0.15) is 28.0 Å². The van der Waals surface area contributed by atoms with Crippen LogP contribution in [0.25, 0.3) is 5.69 Å². The fourth-order valence-electron chi connectivity index (χ4n) is 3.08. The Kier molecular flexibility index (Phi) is 5.04. The number of benzene rings is 1. The molecule has 0 N–H and O–H groups in total. The zero-order valence-electron chi connectivity index (χ0n) is 14.8. The summed E-state index contributed by atoms with van der Waals surface area (Å²) in [7, 11) is 1.94. The summed E-state index contributed by atoms with van der Waals surface area (Å²) >= 11 is 0. The fraction of sp³-hybridized carbons (Fsp3) is 0.444. The maximum absolute atomic E-state index is 13.7. The number of nitrogens with zero attached hydrogens (tertiary/aromatic N) is 4. The number of hydrogen-bond acceptors (Lipinski definition) is 3. The summed E-state index contributed by atoms with van der Waals surface area (Å²) < 4.78 is 42.0. The second-order valence-corrected chi connectivity index (χ2v) is 6.60. The Morgan fingerprint density at radius 2 is 1.77 bits per heavy atom. The van der Waals surface area contributed by atoms with Gasteiger partial charge < -0.3 is 9.80 Å². The van der Waals surface area contributed by atoms with Crippen LogP contribution >= 0.6 is 0 Å². The first-order valence-corrected chi connectivity index (χ1v) is 8.47. The molecule has 0 atom stereocenters. The molecular weight excluding hydrogens is 345 g/mol. The average Bonchev–Trinajstić information content (AvgIpc) is 2.92. The van der Waals surface area contributed by atoms with Crippen LogP contribution in [0.15, 0.2) is 30.5 Å². The van der Waals surface area contributed by atoms with E-state index < -0.39 is 23.3 Å². The SMILES string of the molecule is Cc1ccc(-n2ncc(C(=O)N3CCCN(C)CC3)c2C(F)(F)F)cc1. The van der Waals surface area contributed by atoms with E-state index in [0.29, 0.717) is 19.6 Å². The highest BCUT2D eigenvalue weighted by Crippen LogP contribution is 2.34. The molecule has 8 heteroatoms. The molecule has 1 fully saturated rings. The number of aryl methyl sites for hydroxylation is 1. The molecule has 0 aliphatic carbocycles. The number of aromatic nitrogens is 2. The van der Waals surface area contributed by atoms with E-state index in [2.05, 4.69) is 10.00 Å². The van der Waals surface area contributed by atoms with Crippen molar-refractivity contribution in [1.82, 2.24) is 19.6 Å². The molecule has 1 saturated heterocycles. The standard InChI is InChI=1S/C18H21F3N4O/c1-13-4-6-14(7-5-13)25-16(18(19,20)21)15(12-22-25)17(26)24-9-3-8-23(2)10-11-24/h4-7,12H,3,8-11H2,1-2H3. The molecule has 1 aromatic heterocycles. The van der Waals surface area contributed by atoms with Gasteiger partial charge in [0.1, 0.15) is 0 Å². The highest BCUT2D eigenvalue weighted by Gasteiger charge is 2.41. The van der Waals surface area contributed by atoms with Crippen LogP contribution in [-0.4, -0.2) is 58.7 Å². The third kappa shape index (κ3) is 3.75. The lowest BCUT2D eigenvalue weighted by Crippen LogP contribution is -2.35. The highest BCUT2D eigenvalue weighted by atomic mass is 19.4. The summed E-state index contributed by atoms with van der Waals surface area (Å²) in [5.41, 5.74) is -0.219. The van der Waals surface area contributed by atoms with Gasteiger partial charge in [-0.05, 0) is 39.1 Å². The van der Waals surface area contributed by atoms with Crippen molar-refractivity contribution < 1.29 is 18.0 Å². The van der Waals surface area contributed by atoms with E-state index in [-0.39, 0.29) is 5.69 Å². The predicted molar refractivity (Wildman–Crippen MR) is 91.3 cm³/mol. The lowest BCUT2D eigenvalue weighted by atomic mass is 10.2. The van der Waals surface area contributed by atoms with Crippen molar-refractivity contribution in [3.05, 3.63) is 47.3 Å². The number of carbonyl (C=O) groups excluding carboxylic acids is 1. The number of carbonyl (C=O) groups is 1. The normalized spacial score (nSPS) is 16.6. The molecule has 2 aromatic rings. The van der Waals surface area contributed by atoms with E-state index in [1.54, 1.807) is 24.3 Å². The minimum atomic E-state index is -4.69. The van der Waals surface area contributed by atoms with Crippen LogP contribution in [-0.2, 0) is 6.18 Å². The Balaban J connectivity index is 1.99. The van der Waals surface area contributed by atoms with Gasteiger partial charge in [0.15, 0.2) is 5.69 Å². The van der Waals surface area contributed by atoms with Crippen molar-refractivity contribution in [3.63, 3.8) is 0 Å². The summed E-state index contributed by atoms with van der Waals surface area (Å²) in [6.07, 6.45) is -2.93. The third-order valence-corrected chi connectivity index (χ3v) is 4.55. The molecule has 0 unspecified atom stereocenters. The van der Waals surface area contributed by atoms with Gasteiger partial charge in [0.2, 0.25) is 0 Å². The van der Waals surface area contributed by atoms with Crippen molar-refractivity contribution >= 4 is 5.91 Å². The molecule has 1 aliphatic rings. The van der Waals surface area contributed by atoms with Crippen LogP contribution in [0.2, 0.25) is 0 Å². The van der Waals surface area contributed by atoms with Gasteiger partial charge >= 0.3 is 6.18 Å². The van der Waals surface area contributed by atoms with E-state index in [4.69, 9.17) is 0 Å². The van der Waals surface area contributed by atoms with Crippen molar-refractivity contribution in [1.29, 1.82) is 0 Å². The summed E-state index contributed by atoms with van der Waals surface area (Å²) in [6.45, 7) is 4.15. The Morgan fingerprint density at radius 1 is 1.08 bits per heavy atom. The number of halogens is 3. The van der Waals surface area contributed by atoms with Gasteiger partial charge in [-0.3, -0.25) is 4.79 Å². The Bertz CT molecular complexity index is 783. The summed E-state index contributed by atoms with van der Waals surface area (Å²) in [6, 6.07) is 6.55. The van der Waals surface area contributed by atoms with Gasteiger partial charge in [-0.15, -0.1) is 0 Å². The van der Waals surface area contributed by atoms with Gasteiger partial charge in [0.05, 0.1) is 17.4 Å². The molecule has 140 valence electrons. The first kappa shape index (κ1) is 18.4. The molecule has 0 radical (unpaired) electrons. The number of amides is 1. The minimum absolute atomic E-state index is 0.276. The summed E-state index contributed by atoms with van der Waals surface area (Å²) in [5.74, 6) is -0.619. The maximum atomic E-state index is 13.7. The predicted octanol–water partition coefficient (Wildman–Crippen LogP) is 2.98. The number of hydrogen-bond donors (Lipinski definition) is 0. The molecule has 3 rings (SSSR count). The lowest BCUT2D eigenvalue weighted by Gasteiger charge is -2.21. The number of alkyl halides is 3. The summed E-state index contributed by atoms with van der Waals surface area (Å²) in [4.78, 5) is 16.3. The maximum Gasteiger partial charge on any atom is 0.434 e. The van der Waals surface area contributed by atoms with Gasteiger partial charge in [0, 0.05) is 19.6 Å². The van der Waals surface area contributed by atoms with E-state index in [1.165, 1.54) is 4.90 Å². The topological polar surface area (TPSA) is 41.4 Å². The Labute approximate surface area is 150 Å². The Morgan fingerprint density at radius 3 is 2.42 bits per heavy atom. The fourth-order valence-corrected chi connectivity index (χ4v) is 3.08. The van der Waals surface area contributed by atoms with Crippen LogP contribution in [0.3, 0.4) is 0 Å². The molecule has 0 bridgehead atoms. The van der Waals surface area contributed by atoms with Gasteiger partial charge in [-0.25, -0.2) is 4.68 Å². The molecule has 0 spiro atoms. The first-order valence-electron chi connectivity index (χ1n) is 8.47. The molecular formula is C18H21F3N4O. The van der Waals surface area contributed by atoms with Crippen LogP contribution in [0.5, 0.6) is 0 Å². The quantitative estimate of drug-likeness (QED) is 0.821. The molecule has 1 amide bonds. The Hall–Kier alpha value is -2.35. The van der Waals surface area contributed by atoms with Crippen molar-refractivity contribution in [2.24, 2.45) is 0 Å². The largest absolute Gasteiger partial charge is 0.434 e. The zero-order chi connectivity index (χ0) is 18.9. The van der Waals surface area contributed by atoms with Crippen LogP contribution in [0, 0.1) is 6.92 Å². The van der Waals surface area contributed by atoms with Crippen LogP contribution < -0.4 is 0 Å². The highest BCUT2D eigenvalue weighted by molar-refractivity contribution is 5.95. The van der Waals surface area contributed by atoms with Crippen LogP contribution in [0.4, 0.5) is 13.2 Å². The lowest BCUT2D eigenvalue weighted by molar-refractivity contribution is -0.143. The number of rotatable bonds is 2. The van der Waals surface area contributed by atoms with Gasteiger partial charge in [0.25, 0.3) is 5.91 Å². The van der Waals surface area contributed by atoms with E-state index in [9.17, 15) is 18.0 Å². The minimum Gasteiger partial charge on any atom is -0.337 e. The monoisotopic (exact) mass is 366 g/mol. The zero-order valence-corrected chi connectivity index (χ0v) is 14.8. The smallest absolute Gasteiger partial charge is 0.337 e. The molecule has 0 saturated carbocycles.